The van der Waals surface area contributed by atoms with Gasteiger partial charge in [-0.1, -0.05) is 0 Å². The molecular formula is C11H8N2O2. The van der Waals surface area contributed by atoms with Crippen molar-refractivity contribution in [2.45, 2.75) is 13.3 Å². The molecule has 4 heteroatoms. The van der Waals surface area contributed by atoms with E-state index in [-0.39, 0.29) is 12.2 Å². The molecule has 0 aliphatic carbocycles. The van der Waals surface area contributed by atoms with Gasteiger partial charge in [0.15, 0.2) is 17.3 Å². The van der Waals surface area contributed by atoms with Crippen molar-refractivity contribution in [2.24, 2.45) is 0 Å². The molecule has 1 aromatic carbocycles. The van der Waals surface area contributed by atoms with Gasteiger partial charge in [0, 0.05) is 12.5 Å². The molecule has 4 nitrogen and oxygen atoms in total. The summed E-state index contributed by atoms with van der Waals surface area (Å²) < 4.78 is 5.29. The van der Waals surface area contributed by atoms with Crippen LogP contribution in [0.2, 0.25) is 0 Å². The Morgan fingerprint density at radius 3 is 3.13 bits per heavy atom. The Hall–Kier alpha value is -2.15. The van der Waals surface area contributed by atoms with Gasteiger partial charge < -0.3 is 4.42 Å². The molecule has 0 aliphatic heterocycles. The summed E-state index contributed by atoms with van der Waals surface area (Å²) in [5, 5.41) is 8.41. The highest BCUT2D eigenvalue weighted by molar-refractivity contribution is 5.99. The van der Waals surface area contributed by atoms with Crippen molar-refractivity contribution < 1.29 is 9.21 Å². The van der Waals surface area contributed by atoms with Crippen molar-refractivity contribution in [3.8, 4) is 6.07 Å². The summed E-state index contributed by atoms with van der Waals surface area (Å²) >= 11 is 0. The summed E-state index contributed by atoms with van der Waals surface area (Å²) in [4.78, 5) is 15.5. The molecule has 0 spiro atoms. The summed E-state index contributed by atoms with van der Waals surface area (Å²) in [6.45, 7) is 1.75. The summed E-state index contributed by atoms with van der Waals surface area (Å²) in [5.41, 5.74) is 1.79. The molecule has 1 heterocycles. The molecule has 0 fully saturated rings. The van der Waals surface area contributed by atoms with Crippen LogP contribution < -0.4 is 0 Å². The first-order valence-electron chi connectivity index (χ1n) is 4.48. The number of carbonyl (C=O) groups is 1. The lowest BCUT2D eigenvalue weighted by molar-refractivity contribution is 0.0997. The van der Waals surface area contributed by atoms with Crippen molar-refractivity contribution in [1.29, 1.82) is 5.26 Å². The fourth-order valence-corrected chi connectivity index (χ4v) is 1.39. The van der Waals surface area contributed by atoms with E-state index in [4.69, 9.17) is 9.68 Å². The van der Waals surface area contributed by atoms with Crippen molar-refractivity contribution in [1.82, 2.24) is 4.98 Å². The lowest BCUT2D eigenvalue weighted by atomic mass is 10.1. The van der Waals surface area contributed by atoms with E-state index >= 15 is 0 Å². The molecule has 15 heavy (non-hydrogen) atoms. The second-order valence-electron chi connectivity index (χ2n) is 3.17. The van der Waals surface area contributed by atoms with Crippen LogP contribution in [0, 0.1) is 18.3 Å². The fourth-order valence-electron chi connectivity index (χ4n) is 1.39. The van der Waals surface area contributed by atoms with E-state index < -0.39 is 0 Å². The molecule has 0 unspecified atom stereocenters. The number of benzene rings is 1. The minimum Gasteiger partial charge on any atom is -0.441 e. The van der Waals surface area contributed by atoms with Gasteiger partial charge in [-0.3, -0.25) is 4.79 Å². The molecule has 0 radical (unpaired) electrons. The molecule has 0 saturated heterocycles. The Morgan fingerprint density at radius 1 is 1.60 bits per heavy atom. The normalized spacial score (nSPS) is 10.1. The third-order valence-electron chi connectivity index (χ3n) is 2.06. The maximum absolute atomic E-state index is 11.4. The van der Waals surface area contributed by atoms with E-state index in [0.29, 0.717) is 17.0 Å². The Morgan fingerprint density at radius 2 is 2.40 bits per heavy atom. The quantitative estimate of drug-likeness (QED) is 0.697. The lowest BCUT2D eigenvalue weighted by Crippen LogP contribution is -1.96. The van der Waals surface area contributed by atoms with Crippen LogP contribution in [0.1, 0.15) is 22.7 Å². The zero-order valence-electron chi connectivity index (χ0n) is 8.15. The number of carbonyl (C=O) groups excluding carboxylic acids is 1. The molecule has 74 valence electrons. The first-order chi connectivity index (χ1) is 7.20. The third kappa shape index (κ3) is 1.72. The molecule has 1 aromatic heterocycles. The van der Waals surface area contributed by atoms with Gasteiger partial charge in [0.1, 0.15) is 5.52 Å². The Labute approximate surface area is 86.1 Å². The average molecular weight is 200 g/mol. The number of ketones is 1. The summed E-state index contributed by atoms with van der Waals surface area (Å²) in [6, 6.07) is 6.82. The highest BCUT2D eigenvalue weighted by atomic mass is 16.3. The largest absolute Gasteiger partial charge is 0.441 e. The fraction of sp³-hybridized carbons (Fsp3) is 0.182. The molecule has 0 atom stereocenters. The van der Waals surface area contributed by atoms with E-state index in [0.717, 1.165) is 5.52 Å². The first-order valence-corrected chi connectivity index (χ1v) is 4.48. The number of hydrogen-bond acceptors (Lipinski definition) is 4. The SMILES string of the molecule is Cc1nc2ccc(C(=O)CC#N)cc2o1. The van der Waals surface area contributed by atoms with Crippen molar-refractivity contribution in [3.05, 3.63) is 29.7 Å². The number of nitrogens with zero attached hydrogens (tertiary/aromatic N) is 2. The molecule has 0 amide bonds. The molecule has 0 N–H and O–H groups in total. The summed E-state index contributed by atoms with van der Waals surface area (Å²) in [5.74, 6) is 0.364. The summed E-state index contributed by atoms with van der Waals surface area (Å²) in [7, 11) is 0. The predicted octanol–water partition coefficient (Wildman–Crippen LogP) is 2.23. The lowest BCUT2D eigenvalue weighted by Gasteiger charge is -1.94. The van der Waals surface area contributed by atoms with Crippen LogP contribution >= 0.6 is 0 Å². The Bertz CT molecular complexity index is 563. The van der Waals surface area contributed by atoms with Crippen LogP contribution in [0.4, 0.5) is 0 Å². The number of aromatic nitrogens is 1. The average Bonchev–Trinajstić information content (AvgIpc) is 2.57. The summed E-state index contributed by atoms with van der Waals surface area (Å²) in [6.07, 6.45) is -0.112. The number of fused-ring (bicyclic) bond motifs is 1. The van der Waals surface area contributed by atoms with E-state index in [2.05, 4.69) is 4.98 Å². The first kappa shape index (κ1) is 9.41. The second-order valence-corrected chi connectivity index (χ2v) is 3.17. The zero-order valence-corrected chi connectivity index (χ0v) is 8.15. The number of aryl methyl sites for hydroxylation is 1. The van der Waals surface area contributed by atoms with Crippen molar-refractivity contribution in [3.63, 3.8) is 0 Å². The third-order valence-corrected chi connectivity index (χ3v) is 2.06. The van der Waals surface area contributed by atoms with Crippen LogP contribution in [-0.2, 0) is 0 Å². The molecule has 0 aliphatic rings. The maximum atomic E-state index is 11.4. The van der Waals surface area contributed by atoms with Gasteiger partial charge in [-0.05, 0) is 18.2 Å². The van der Waals surface area contributed by atoms with Crippen LogP contribution in [0.3, 0.4) is 0 Å². The van der Waals surface area contributed by atoms with E-state index in [1.54, 1.807) is 25.1 Å². The highest BCUT2D eigenvalue weighted by Gasteiger charge is 2.08. The minimum atomic E-state index is -0.201. The number of nitriles is 1. The van der Waals surface area contributed by atoms with Crippen LogP contribution in [-0.4, -0.2) is 10.8 Å². The number of oxazole rings is 1. The van der Waals surface area contributed by atoms with Gasteiger partial charge in [0.25, 0.3) is 0 Å². The zero-order chi connectivity index (χ0) is 10.8. The van der Waals surface area contributed by atoms with Gasteiger partial charge in [-0.25, -0.2) is 4.98 Å². The predicted molar refractivity (Wildman–Crippen MR) is 53.3 cm³/mol. The van der Waals surface area contributed by atoms with Crippen molar-refractivity contribution >= 4 is 16.9 Å². The molecule has 2 rings (SSSR count). The monoisotopic (exact) mass is 200 g/mol. The molecule has 0 bridgehead atoms. The van der Waals surface area contributed by atoms with Crippen LogP contribution in [0.25, 0.3) is 11.1 Å². The van der Waals surface area contributed by atoms with Crippen molar-refractivity contribution in [2.75, 3.05) is 0 Å². The van der Waals surface area contributed by atoms with Gasteiger partial charge >= 0.3 is 0 Å². The highest BCUT2D eigenvalue weighted by Crippen LogP contribution is 2.17. The van der Waals surface area contributed by atoms with Crippen LogP contribution in [0.5, 0.6) is 0 Å². The van der Waals surface area contributed by atoms with Gasteiger partial charge in [0.2, 0.25) is 0 Å². The molecule has 2 aromatic rings. The van der Waals surface area contributed by atoms with Gasteiger partial charge in [-0.15, -0.1) is 0 Å². The Kier molecular flexibility index (Phi) is 2.22. The number of rotatable bonds is 2. The van der Waals surface area contributed by atoms with Crippen LogP contribution in [0.15, 0.2) is 22.6 Å². The standard InChI is InChI=1S/C11H8N2O2/c1-7-13-9-3-2-8(6-11(9)15-7)10(14)4-5-12/h2-3,6H,4H2,1H3. The molecule has 0 saturated carbocycles. The van der Waals surface area contributed by atoms with E-state index in [1.807, 2.05) is 6.07 Å². The Balaban J connectivity index is 2.47. The minimum absolute atomic E-state index is 0.112. The number of Topliss-reactive ketones (excluding diaryl/α,β-unsaturated/α-hetero) is 1. The van der Waals surface area contributed by atoms with Gasteiger partial charge in [-0.2, -0.15) is 5.26 Å². The van der Waals surface area contributed by atoms with E-state index in [9.17, 15) is 4.79 Å². The smallest absolute Gasteiger partial charge is 0.192 e. The topological polar surface area (TPSA) is 66.9 Å². The second kappa shape index (κ2) is 3.54. The van der Waals surface area contributed by atoms with E-state index in [1.165, 1.54) is 0 Å². The van der Waals surface area contributed by atoms with Gasteiger partial charge in [0.05, 0.1) is 12.5 Å². The molecular weight excluding hydrogens is 192 g/mol. The maximum Gasteiger partial charge on any atom is 0.192 e. The number of hydrogen-bond donors (Lipinski definition) is 0.